The molecule has 3 N–H and O–H groups in total. The van der Waals surface area contributed by atoms with Crippen molar-refractivity contribution in [3.63, 3.8) is 0 Å². The molecule has 3 aromatic carbocycles. The molecule has 3 amide bonds. The molecule has 0 bridgehead atoms. The SMILES string of the molecule is CCCCCCCN(C(=O)C(Cc1ccc(O)cc1)NC(=O)OC(C)(C)C)C(C(=O)NC(Cc1ccccc1)C(=O)OC(C)(C)C)c1ccccc1C. The van der Waals surface area contributed by atoms with Gasteiger partial charge in [0.15, 0.2) is 0 Å². The number of rotatable bonds is 17. The zero-order valence-electron chi connectivity index (χ0n) is 32.7. The first kappa shape index (κ1) is 42.6. The van der Waals surface area contributed by atoms with Crippen molar-refractivity contribution in [1.29, 1.82) is 0 Å². The van der Waals surface area contributed by atoms with Gasteiger partial charge in [0.25, 0.3) is 0 Å². The Morgan fingerprint density at radius 2 is 1.26 bits per heavy atom. The number of hydrogen-bond donors (Lipinski definition) is 3. The highest BCUT2D eigenvalue weighted by Crippen LogP contribution is 2.28. The number of aromatic hydroxyl groups is 1. The Balaban J connectivity index is 2.13. The summed E-state index contributed by atoms with van der Waals surface area (Å²) >= 11 is 0. The third kappa shape index (κ3) is 14.6. The third-order valence-corrected chi connectivity index (χ3v) is 8.48. The van der Waals surface area contributed by atoms with E-state index in [1.807, 2.05) is 61.5 Å². The molecular formula is C43H59N3O7. The molecule has 0 saturated carbocycles. The summed E-state index contributed by atoms with van der Waals surface area (Å²) in [7, 11) is 0. The predicted octanol–water partition coefficient (Wildman–Crippen LogP) is 7.75. The van der Waals surface area contributed by atoms with Crippen LogP contribution in [0.3, 0.4) is 0 Å². The maximum atomic E-state index is 15.0. The second kappa shape index (κ2) is 19.8. The summed E-state index contributed by atoms with van der Waals surface area (Å²) in [5.41, 5.74) is 1.26. The van der Waals surface area contributed by atoms with E-state index in [1.54, 1.807) is 53.7 Å². The number of nitrogens with zero attached hydrogens (tertiary/aromatic N) is 1. The number of phenols is 1. The van der Waals surface area contributed by atoms with Gasteiger partial charge in [0.1, 0.15) is 35.1 Å². The van der Waals surface area contributed by atoms with E-state index >= 15 is 0 Å². The molecule has 0 heterocycles. The van der Waals surface area contributed by atoms with E-state index in [9.17, 15) is 24.3 Å². The van der Waals surface area contributed by atoms with Gasteiger partial charge in [0.2, 0.25) is 11.8 Å². The fraction of sp³-hybridized carbons (Fsp3) is 0.488. The number of esters is 1. The smallest absolute Gasteiger partial charge is 0.408 e. The van der Waals surface area contributed by atoms with Crippen LogP contribution in [0.2, 0.25) is 0 Å². The lowest BCUT2D eigenvalue weighted by molar-refractivity contribution is -0.159. The van der Waals surface area contributed by atoms with Crippen molar-refractivity contribution in [2.45, 2.75) is 130 Å². The average Bonchev–Trinajstić information content (AvgIpc) is 3.07. The molecule has 3 rings (SSSR count). The van der Waals surface area contributed by atoms with Gasteiger partial charge in [0, 0.05) is 19.4 Å². The normalized spacial score (nSPS) is 13.3. The summed E-state index contributed by atoms with van der Waals surface area (Å²) in [4.78, 5) is 58.3. The zero-order valence-corrected chi connectivity index (χ0v) is 32.7. The number of carbonyl (C=O) groups is 4. The van der Waals surface area contributed by atoms with Crippen molar-refractivity contribution < 1.29 is 33.8 Å². The number of phenolic OH excluding ortho intramolecular Hbond substituents is 1. The minimum absolute atomic E-state index is 0.0664. The van der Waals surface area contributed by atoms with Gasteiger partial charge in [-0.05, 0) is 89.3 Å². The molecule has 0 aliphatic heterocycles. The van der Waals surface area contributed by atoms with Gasteiger partial charge in [-0.25, -0.2) is 9.59 Å². The first-order chi connectivity index (χ1) is 25.0. The van der Waals surface area contributed by atoms with Crippen molar-refractivity contribution in [2.24, 2.45) is 0 Å². The van der Waals surface area contributed by atoms with Gasteiger partial charge in [-0.15, -0.1) is 0 Å². The molecule has 3 aromatic rings. The Labute approximate surface area is 315 Å². The molecular weight excluding hydrogens is 670 g/mol. The van der Waals surface area contributed by atoms with E-state index in [1.165, 1.54) is 17.0 Å². The van der Waals surface area contributed by atoms with Crippen molar-refractivity contribution >= 4 is 23.9 Å². The van der Waals surface area contributed by atoms with Crippen molar-refractivity contribution in [3.8, 4) is 5.75 Å². The number of aryl methyl sites for hydroxylation is 1. The lowest BCUT2D eigenvalue weighted by atomic mass is 9.96. The monoisotopic (exact) mass is 729 g/mol. The molecule has 3 unspecified atom stereocenters. The highest BCUT2D eigenvalue weighted by molar-refractivity contribution is 5.94. The second-order valence-electron chi connectivity index (χ2n) is 15.6. The van der Waals surface area contributed by atoms with E-state index in [2.05, 4.69) is 17.6 Å². The van der Waals surface area contributed by atoms with Crippen LogP contribution < -0.4 is 10.6 Å². The Morgan fingerprint density at radius 1 is 0.698 bits per heavy atom. The summed E-state index contributed by atoms with van der Waals surface area (Å²) in [5.74, 6) is -1.56. The molecule has 53 heavy (non-hydrogen) atoms. The van der Waals surface area contributed by atoms with Crippen molar-refractivity contribution in [2.75, 3.05) is 6.54 Å². The second-order valence-corrected chi connectivity index (χ2v) is 15.6. The van der Waals surface area contributed by atoms with Gasteiger partial charge in [0.05, 0.1) is 0 Å². The van der Waals surface area contributed by atoms with Crippen LogP contribution in [0.1, 0.15) is 109 Å². The van der Waals surface area contributed by atoms with Gasteiger partial charge in [-0.2, -0.15) is 0 Å². The molecule has 0 spiro atoms. The van der Waals surface area contributed by atoms with E-state index in [0.29, 0.717) is 17.5 Å². The van der Waals surface area contributed by atoms with E-state index < -0.39 is 53.2 Å². The topological polar surface area (TPSA) is 134 Å². The highest BCUT2D eigenvalue weighted by atomic mass is 16.6. The number of ether oxygens (including phenoxy) is 2. The lowest BCUT2D eigenvalue weighted by Crippen LogP contribution is -2.55. The summed E-state index contributed by atoms with van der Waals surface area (Å²) in [6.07, 6.45) is 3.95. The standard InChI is InChI=1S/C43H59N3O7/c1-9-10-11-12-18-27-46(39(49)35(45-41(51)53-43(6,7)8)28-32-23-25-33(47)26-24-32)37(34-22-17-16-19-30(34)2)38(48)44-36(40(50)52-42(3,4)5)29-31-20-14-13-15-21-31/h13-17,19-26,35-37,47H,9-12,18,27-29H2,1-8H3,(H,44,48)(H,45,51). The van der Waals surface area contributed by atoms with Crippen molar-refractivity contribution in [1.82, 2.24) is 15.5 Å². The number of alkyl carbamates (subject to hydrolysis) is 1. The fourth-order valence-electron chi connectivity index (χ4n) is 5.98. The van der Waals surface area contributed by atoms with E-state index in [4.69, 9.17) is 9.47 Å². The fourth-order valence-corrected chi connectivity index (χ4v) is 5.98. The van der Waals surface area contributed by atoms with Crippen LogP contribution in [-0.4, -0.2) is 63.7 Å². The van der Waals surface area contributed by atoms with Gasteiger partial charge < -0.3 is 30.1 Å². The molecule has 0 aliphatic rings. The first-order valence-corrected chi connectivity index (χ1v) is 18.7. The molecule has 3 atom stereocenters. The van der Waals surface area contributed by atoms with Crippen LogP contribution in [0.25, 0.3) is 0 Å². The van der Waals surface area contributed by atoms with E-state index in [0.717, 1.165) is 36.8 Å². The molecule has 10 nitrogen and oxygen atoms in total. The molecule has 0 saturated heterocycles. The molecule has 0 radical (unpaired) electrons. The number of hydrogen-bond acceptors (Lipinski definition) is 7. The molecule has 0 aromatic heterocycles. The zero-order chi connectivity index (χ0) is 39.2. The number of nitrogens with one attached hydrogen (secondary N) is 2. The predicted molar refractivity (Wildman–Crippen MR) is 207 cm³/mol. The summed E-state index contributed by atoms with van der Waals surface area (Å²) in [5, 5.41) is 15.7. The number of carbonyl (C=O) groups excluding carboxylic acids is 4. The summed E-state index contributed by atoms with van der Waals surface area (Å²) < 4.78 is 11.4. The van der Waals surface area contributed by atoms with Crippen LogP contribution in [0.5, 0.6) is 5.75 Å². The lowest BCUT2D eigenvalue weighted by Gasteiger charge is -2.36. The summed E-state index contributed by atoms with van der Waals surface area (Å²) in [6, 6.07) is 19.8. The maximum absolute atomic E-state index is 15.0. The molecule has 0 fully saturated rings. The van der Waals surface area contributed by atoms with Gasteiger partial charge in [-0.1, -0.05) is 99.3 Å². The Hall–Kier alpha value is -4.86. The largest absolute Gasteiger partial charge is 0.508 e. The first-order valence-electron chi connectivity index (χ1n) is 18.7. The molecule has 288 valence electrons. The quantitative estimate of drug-likeness (QED) is 0.0956. The van der Waals surface area contributed by atoms with Crippen LogP contribution in [0.15, 0.2) is 78.9 Å². The Kier molecular flexibility index (Phi) is 15.9. The van der Waals surface area contributed by atoms with Crippen LogP contribution in [0.4, 0.5) is 4.79 Å². The highest BCUT2D eigenvalue weighted by Gasteiger charge is 2.39. The van der Waals surface area contributed by atoms with Crippen molar-refractivity contribution in [3.05, 3.63) is 101 Å². The molecule has 0 aliphatic carbocycles. The van der Waals surface area contributed by atoms with Crippen LogP contribution in [-0.2, 0) is 36.7 Å². The van der Waals surface area contributed by atoms with E-state index in [-0.39, 0.29) is 25.1 Å². The van der Waals surface area contributed by atoms with Crippen LogP contribution >= 0.6 is 0 Å². The summed E-state index contributed by atoms with van der Waals surface area (Å²) in [6.45, 7) is 14.7. The van der Waals surface area contributed by atoms with Gasteiger partial charge >= 0.3 is 12.1 Å². The number of amides is 3. The number of unbranched alkanes of at least 4 members (excludes halogenated alkanes) is 4. The van der Waals surface area contributed by atoms with Crippen LogP contribution in [0, 0.1) is 6.92 Å². The number of benzene rings is 3. The Bertz CT molecular complexity index is 1630. The minimum Gasteiger partial charge on any atom is -0.508 e. The average molecular weight is 730 g/mol. The Morgan fingerprint density at radius 3 is 1.87 bits per heavy atom. The van der Waals surface area contributed by atoms with Gasteiger partial charge in [-0.3, -0.25) is 9.59 Å². The molecule has 10 heteroatoms. The third-order valence-electron chi connectivity index (χ3n) is 8.48. The minimum atomic E-state index is -1.15. The maximum Gasteiger partial charge on any atom is 0.408 e.